The van der Waals surface area contributed by atoms with E-state index in [1.54, 1.807) is 0 Å². The summed E-state index contributed by atoms with van der Waals surface area (Å²) in [6, 6.07) is 0. The van der Waals surface area contributed by atoms with E-state index in [0.717, 1.165) is 30.8 Å². The Kier molecular flexibility index (Phi) is 3.41. The fraction of sp³-hybridized carbons (Fsp3) is 1.00. The molecule has 18 heavy (non-hydrogen) atoms. The molecule has 104 valence electrons. The summed E-state index contributed by atoms with van der Waals surface area (Å²) in [7, 11) is 0. The maximum atomic E-state index is 9.36. The Morgan fingerprint density at radius 2 is 2.11 bits per heavy atom. The zero-order chi connectivity index (χ0) is 12.8. The third-order valence-electron chi connectivity index (χ3n) is 5.13. The molecule has 0 spiro atoms. The minimum absolute atomic E-state index is 0.00680. The highest BCUT2D eigenvalue weighted by molar-refractivity contribution is 4.93. The Balaban J connectivity index is 1.58. The largest absolute Gasteiger partial charge is 0.394 e. The fourth-order valence-electron chi connectivity index (χ4n) is 4.58. The Morgan fingerprint density at radius 1 is 1.28 bits per heavy atom. The molecule has 2 saturated carbocycles. The zero-order valence-electron chi connectivity index (χ0n) is 11.8. The van der Waals surface area contributed by atoms with Gasteiger partial charge in [-0.15, -0.1) is 0 Å². The molecule has 1 aliphatic heterocycles. The van der Waals surface area contributed by atoms with Gasteiger partial charge in [0.25, 0.3) is 0 Å². The highest BCUT2D eigenvalue weighted by Gasteiger charge is 2.41. The van der Waals surface area contributed by atoms with Crippen molar-refractivity contribution in [1.29, 1.82) is 0 Å². The van der Waals surface area contributed by atoms with Crippen molar-refractivity contribution in [3.05, 3.63) is 0 Å². The fourth-order valence-corrected chi connectivity index (χ4v) is 4.58. The van der Waals surface area contributed by atoms with Crippen LogP contribution in [0.4, 0.5) is 0 Å². The van der Waals surface area contributed by atoms with Crippen LogP contribution in [0.25, 0.3) is 0 Å². The third-order valence-corrected chi connectivity index (χ3v) is 5.13. The van der Waals surface area contributed by atoms with Gasteiger partial charge in [-0.2, -0.15) is 0 Å². The van der Waals surface area contributed by atoms with Gasteiger partial charge in [-0.05, 0) is 50.9 Å². The second kappa shape index (κ2) is 4.77. The first-order valence-electron chi connectivity index (χ1n) is 7.57. The molecular weight excluding hydrogens is 226 g/mol. The lowest BCUT2D eigenvalue weighted by molar-refractivity contribution is -0.151. The van der Waals surface area contributed by atoms with Crippen molar-refractivity contribution in [2.75, 3.05) is 26.2 Å². The van der Waals surface area contributed by atoms with Crippen molar-refractivity contribution < 1.29 is 9.84 Å². The summed E-state index contributed by atoms with van der Waals surface area (Å²) >= 11 is 0. The number of hydrogen-bond acceptors (Lipinski definition) is 3. The lowest BCUT2D eigenvalue weighted by Crippen LogP contribution is -2.55. The van der Waals surface area contributed by atoms with Gasteiger partial charge in [0.15, 0.2) is 0 Å². The van der Waals surface area contributed by atoms with Crippen LogP contribution in [0.5, 0.6) is 0 Å². The Hall–Kier alpha value is -0.120. The van der Waals surface area contributed by atoms with Crippen molar-refractivity contribution in [1.82, 2.24) is 4.90 Å². The number of rotatable bonds is 3. The molecule has 4 unspecified atom stereocenters. The Labute approximate surface area is 110 Å². The number of hydrogen-bond donors (Lipinski definition) is 1. The average molecular weight is 253 g/mol. The molecule has 2 bridgehead atoms. The number of aliphatic hydroxyl groups excluding tert-OH is 1. The minimum atomic E-state index is -0.108. The molecule has 2 aliphatic carbocycles. The molecular formula is C15H27NO2. The zero-order valence-corrected chi connectivity index (χ0v) is 11.8. The molecule has 1 heterocycles. The van der Waals surface area contributed by atoms with E-state index in [0.29, 0.717) is 0 Å². The van der Waals surface area contributed by atoms with Gasteiger partial charge in [-0.3, -0.25) is 4.90 Å². The molecule has 0 aromatic heterocycles. The number of nitrogens with zero attached hydrogens (tertiary/aromatic N) is 1. The van der Waals surface area contributed by atoms with Crippen LogP contribution in [0.2, 0.25) is 0 Å². The van der Waals surface area contributed by atoms with E-state index < -0.39 is 0 Å². The number of morpholine rings is 1. The lowest BCUT2D eigenvalue weighted by Gasteiger charge is -2.43. The molecule has 0 aromatic carbocycles. The van der Waals surface area contributed by atoms with Crippen LogP contribution in [-0.2, 0) is 4.74 Å². The van der Waals surface area contributed by atoms with E-state index in [-0.39, 0.29) is 18.3 Å². The molecule has 0 amide bonds. The topological polar surface area (TPSA) is 32.7 Å². The number of ether oxygens (including phenoxy) is 1. The predicted octanol–water partition coefficient (Wildman–Crippen LogP) is 1.89. The second-order valence-electron chi connectivity index (χ2n) is 7.31. The Morgan fingerprint density at radius 3 is 2.72 bits per heavy atom. The van der Waals surface area contributed by atoms with Crippen molar-refractivity contribution >= 4 is 0 Å². The van der Waals surface area contributed by atoms with Gasteiger partial charge in [0.05, 0.1) is 18.3 Å². The van der Waals surface area contributed by atoms with Crippen molar-refractivity contribution in [3.8, 4) is 0 Å². The van der Waals surface area contributed by atoms with Gasteiger partial charge >= 0.3 is 0 Å². The summed E-state index contributed by atoms with van der Waals surface area (Å²) in [6.45, 7) is 7.58. The standard InChI is InChI=1S/C15H27NO2/c1-15(2)10-16(8-14(9-17)18-15)7-13-6-11-3-4-12(13)5-11/h11-14,17H,3-10H2,1-2H3. The smallest absolute Gasteiger partial charge is 0.0940 e. The molecule has 1 saturated heterocycles. The summed E-state index contributed by atoms with van der Waals surface area (Å²) in [5.41, 5.74) is -0.108. The summed E-state index contributed by atoms with van der Waals surface area (Å²) in [5, 5.41) is 9.36. The predicted molar refractivity (Wildman–Crippen MR) is 71.4 cm³/mol. The summed E-state index contributed by atoms with van der Waals surface area (Å²) in [4.78, 5) is 2.54. The molecule has 3 rings (SSSR count). The molecule has 1 N–H and O–H groups in total. The van der Waals surface area contributed by atoms with Crippen LogP contribution in [0.3, 0.4) is 0 Å². The first-order valence-corrected chi connectivity index (χ1v) is 7.57. The number of fused-ring (bicyclic) bond motifs is 2. The van der Waals surface area contributed by atoms with Crippen LogP contribution in [-0.4, -0.2) is 48.0 Å². The van der Waals surface area contributed by atoms with Crippen molar-refractivity contribution in [2.45, 2.75) is 51.2 Å². The van der Waals surface area contributed by atoms with Crippen molar-refractivity contribution in [3.63, 3.8) is 0 Å². The quantitative estimate of drug-likeness (QED) is 0.834. The van der Waals surface area contributed by atoms with Crippen LogP contribution in [0.15, 0.2) is 0 Å². The van der Waals surface area contributed by atoms with Crippen molar-refractivity contribution in [2.24, 2.45) is 17.8 Å². The van der Waals surface area contributed by atoms with Gasteiger partial charge in [-0.25, -0.2) is 0 Å². The first-order chi connectivity index (χ1) is 8.55. The molecule has 4 atom stereocenters. The van der Waals surface area contributed by atoms with Gasteiger partial charge in [0.1, 0.15) is 0 Å². The van der Waals surface area contributed by atoms with Crippen LogP contribution < -0.4 is 0 Å². The van der Waals surface area contributed by atoms with Crippen LogP contribution in [0, 0.1) is 17.8 Å². The second-order valence-corrected chi connectivity index (χ2v) is 7.31. The van der Waals surface area contributed by atoms with Gasteiger partial charge in [0, 0.05) is 19.6 Å². The van der Waals surface area contributed by atoms with Crippen LogP contribution >= 0.6 is 0 Å². The van der Waals surface area contributed by atoms with Gasteiger partial charge in [0.2, 0.25) is 0 Å². The highest BCUT2D eigenvalue weighted by atomic mass is 16.5. The first kappa shape index (κ1) is 12.9. The van der Waals surface area contributed by atoms with E-state index in [9.17, 15) is 5.11 Å². The summed E-state index contributed by atoms with van der Waals surface area (Å²) in [5.74, 6) is 2.94. The average Bonchev–Trinajstić information content (AvgIpc) is 2.88. The molecule has 3 nitrogen and oxygen atoms in total. The van der Waals surface area contributed by atoms with E-state index >= 15 is 0 Å². The maximum absolute atomic E-state index is 9.36. The Bertz CT molecular complexity index is 305. The van der Waals surface area contributed by atoms with E-state index in [1.165, 1.54) is 32.2 Å². The van der Waals surface area contributed by atoms with Gasteiger partial charge in [-0.1, -0.05) is 6.42 Å². The molecule has 3 fully saturated rings. The lowest BCUT2D eigenvalue weighted by atomic mass is 9.88. The highest BCUT2D eigenvalue weighted by Crippen LogP contribution is 2.48. The molecule has 0 aromatic rings. The molecule has 3 heteroatoms. The minimum Gasteiger partial charge on any atom is -0.394 e. The van der Waals surface area contributed by atoms with Gasteiger partial charge < -0.3 is 9.84 Å². The SMILES string of the molecule is CC1(C)CN(CC2CC3CCC2C3)CC(CO)O1. The molecule has 0 radical (unpaired) electrons. The van der Waals surface area contributed by atoms with E-state index in [2.05, 4.69) is 18.7 Å². The van der Waals surface area contributed by atoms with Crippen LogP contribution in [0.1, 0.15) is 39.5 Å². The maximum Gasteiger partial charge on any atom is 0.0940 e. The summed E-state index contributed by atoms with van der Waals surface area (Å²) < 4.78 is 5.89. The monoisotopic (exact) mass is 253 g/mol. The summed E-state index contributed by atoms with van der Waals surface area (Å²) in [6.07, 6.45) is 5.89. The number of aliphatic hydroxyl groups is 1. The molecule has 3 aliphatic rings. The van der Waals surface area contributed by atoms with E-state index in [1.807, 2.05) is 0 Å². The van der Waals surface area contributed by atoms with E-state index in [4.69, 9.17) is 4.74 Å². The third kappa shape index (κ3) is 2.59. The normalized spacial score (nSPS) is 43.5.